The molecule has 0 unspecified atom stereocenters. The van der Waals surface area contributed by atoms with Crippen LogP contribution in [-0.2, 0) is 9.59 Å². The van der Waals surface area contributed by atoms with Gasteiger partial charge in [0.05, 0.1) is 5.92 Å². The summed E-state index contributed by atoms with van der Waals surface area (Å²) in [4.78, 5) is 23.4. The zero-order valence-corrected chi connectivity index (χ0v) is 14.9. The molecule has 0 aliphatic heterocycles. The third-order valence-electron chi connectivity index (χ3n) is 6.54. The van der Waals surface area contributed by atoms with E-state index in [0.29, 0.717) is 24.3 Å². The highest BCUT2D eigenvalue weighted by Gasteiger charge is 2.34. The van der Waals surface area contributed by atoms with E-state index < -0.39 is 5.97 Å². The van der Waals surface area contributed by atoms with Gasteiger partial charge in [-0.05, 0) is 62.7 Å². The third-order valence-corrected chi connectivity index (χ3v) is 6.54. The molecule has 0 aromatic rings. The average Bonchev–Trinajstić information content (AvgIpc) is 2.55. The van der Waals surface area contributed by atoms with Gasteiger partial charge in [0.15, 0.2) is 0 Å². The number of carboxylic acid groups (broad SMARTS) is 1. The molecule has 132 valence electrons. The van der Waals surface area contributed by atoms with E-state index in [1.165, 1.54) is 19.3 Å². The van der Waals surface area contributed by atoms with Crippen LogP contribution in [0.15, 0.2) is 0 Å². The lowest BCUT2D eigenvalue weighted by molar-refractivity contribution is -0.144. The number of carbonyl (C=O) groups is 2. The molecule has 2 N–H and O–H groups in total. The van der Waals surface area contributed by atoms with Crippen LogP contribution in [0.25, 0.3) is 0 Å². The summed E-state index contributed by atoms with van der Waals surface area (Å²) < 4.78 is 0. The molecule has 0 aromatic heterocycles. The second-order valence-electron chi connectivity index (χ2n) is 8.29. The molecule has 2 fully saturated rings. The second-order valence-corrected chi connectivity index (χ2v) is 8.29. The van der Waals surface area contributed by atoms with Crippen molar-refractivity contribution in [3.05, 3.63) is 0 Å². The highest BCUT2D eigenvalue weighted by atomic mass is 16.4. The van der Waals surface area contributed by atoms with Gasteiger partial charge in [-0.3, -0.25) is 9.59 Å². The number of aliphatic carboxylic acids is 1. The normalized spacial score (nSPS) is 32.3. The summed E-state index contributed by atoms with van der Waals surface area (Å²) in [6.07, 6.45) is 8.53. The first-order chi connectivity index (χ1) is 10.8. The summed E-state index contributed by atoms with van der Waals surface area (Å²) in [5.74, 6) is 0.000544. The van der Waals surface area contributed by atoms with E-state index in [1.54, 1.807) is 0 Å². The molecule has 4 nitrogen and oxygen atoms in total. The molecule has 1 amide bonds. The largest absolute Gasteiger partial charge is 0.481 e. The summed E-state index contributed by atoms with van der Waals surface area (Å²) in [6.45, 7) is 6.98. The van der Waals surface area contributed by atoms with Gasteiger partial charge in [0.25, 0.3) is 0 Å². The maximum Gasteiger partial charge on any atom is 0.306 e. The van der Waals surface area contributed by atoms with Gasteiger partial charge in [-0.1, -0.05) is 27.2 Å². The Balaban J connectivity index is 1.74. The molecular weight excluding hydrogens is 290 g/mol. The number of hydrogen-bond acceptors (Lipinski definition) is 2. The Bertz CT molecular complexity index is 416. The molecule has 23 heavy (non-hydrogen) atoms. The molecule has 0 heterocycles. The van der Waals surface area contributed by atoms with Crippen molar-refractivity contribution in [1.82, 2.24) is 5.32 Å². The Hall–Kier alpha value is -1.06. The molecule has 2 saturated carbocycles. The summed E-state index contributed by atoms with van der Waals surface area (Å²) in [7, 11) is 0. The SMILES string of the molecule is CCC(C)(C)C1CCC(NC(=O)C2CCC(C(=O)O)CC2)CC1. The van der Waals surface area contributed by atoms with E-state index in [1.807, 2.05) is 0 Å². The van der Waals surface area contributed by atoms with Crippen LogP contribution in [-0.4, -0.2) is 23.0 Å². The molecule has 0 radical (unpaired) electrons. The highest BCUT2D eigenvalue weighted by molar-refractivity contribution is 5.79. The fraction of sp³-hybridized carbons (Fsp3) is 0.895. The maximum atomic E-state index is 12.4. The van der Waals surface area contributed by atoms with Crippen LogP contribution in [0.2, 0.25) is 0 Å². The van der Waals surface area contributed by atoms with E-state index >= 15 is 0 Å². The van der Waals surface area contributed by atoms with Gasteiger partial charge < -0.3 is 10.4 Å². The van der Waals surface area contributed by atoms with Crippen molar-refractivity contribution >= 4 is 11.9 Å². The van der Waals surface area contributed by atoms with Crippen molar-refractivity contribution in [2.75, 3.05) is 0 Å². The van der Waals surface area contributed by atoms with Crippen molar-refractivity contribution in [3.63, 3.8) is 0 Å². The lowest BCUT2D eigenvalue weighted by Crippen LogP contribution is -2.43. The Labute approximate surface area is 140 Å². The molecule has 2 aliphatic rings. The van der Waals surface area contributed by atoms with Crippen LogP contribution in [0.5, 0.6) is 0 Å². The summed E-state index contributed by atoms with van der Waals surface area (Å²) in [5, 5.41) is 12.3. The smallest absolute Gasteiger partial charge is 0.306 e. The third kappa shape index (κ3) is 4.71. The van der Waals surface area contributed by atoms with Gasteiger partial charge in [0.2, 0.25) is 5.91 Å². The number of amides is 1. The minimum Gasteiger partial charge on any atom is -0.481 e. The average molecular weight is 323 g/mol. The van der Waals surface area contributed by atoms with E-state index in [9.17, 15) is 9.59 Å². The Kier molecular flexibility index (Phi) is 6.10. The quantitative estimate of drug-likeness (QED) is 0.804. The van der Waals surface area contributed by atoms with E-state index in [4.69, 9.17) is 5.11 Å². The lowest BCUT2D eigenvalue weighted by atomic mass is 9.69. The highest BCUT2D eigenvalue weighted by Crippen LogP contribution is 2.40. The minimum atomic E-state index is -0.708. The monoisotopic (exact) mass is 323 g/mol. The van der Waals surface area contributed by atoms with Crippen LogP contribution in [0.3, 0.4) is 0 Å². The van der Waals surface area contributed by atoms with Gasteiger partial charge in [-0.25, -0.2) is 0 Å². The van der Waals surface area contributed by atoms with Crippen molar-refractivity contribution in [1.29, 1.82) is 0 Å². The maximum absolute atomic E-state index is 12.4. The van der Waals surface area contributed by atoms with Crippen molar-refractivity contribution in [3.8, 4) is 0 Å². The van der Waals surface area contributed by atoms with Gasteiger partial charge in [-0.15, -0.1) is 0 Å². The Morgan fingerprint density at radius 1 is 0.957 bits per heavy atom. The van der Waals surface area contributed by atoms with Crippen molar-refractivity contribution in [2.24, 2.45) is 23.2 Å². The molecule has 4 heteroatoms. The second kappa shape index (κ2) is 7.67. The molecule has 0 atom stereocenters. The number of carboxylic acids is 1. The Morgan fingerprint density at radius 2 is 1.48 bits per heavy atom. The number of nitrogens with one attached hydrogen (secondary N) is 1. The van der Waals surface area contributed by atoms with Gasteiger partial charge in [0.1, 0.15) is 0 Å². The number of hydrogen-bond donors (Lipinski definition) is 2. The summed E-state index contributed by atoms with van der Waals surface area (Å²) in [5.41, 5.74) is 0.407. The van der Waals surface area contributed by atoms with E-state index in [2.05, 4.69) is 26.1 Å². The fourth-order valence-corrected chi connectivity index (χ4v) is 4.23. The van der Waals surface area contributed by atoms with Crippen LogP contribution >= 0.6 is 0 Å². The van der Waals surface area contributed by atoms with Gasteiger partial charge >= 0.3 is 5.97 Å². The first-order valence-electron chi connectivity index (χ1n) is 9.36. The molecule has 2 aliphatic carbocycles. The fourth-order valence-electron chi connectivity index (χ4n) is 4.23. The van der Waals surface area contributed by atoms with Gasteiger partial charge in [0, 0.05) is 12.0 Å². The van der Waals surface area contributed by atoms with E-state index in [-0.39, 0.29) is 17.7 Å². The summed E-state index contributed by atoms with van der Waals surface area (Å²) >= 11 is 0. The van der Waals surface area contributed by atoms with Gasteiger partial charge in [-0.2, -0.15) is 0 Å². The van der Waals surface area contributed by atoms with E-state index in [0.717, 1.165) is 31.6 Å². The Morgan fingerprint density at radius 3 is 1.96 bits per heavy atom. The topological polar surface area (TPSA) is 66.4 Å². The zero-order valence-electron chi connectivity index (χ0n) is 14.9. The zero-order chi connectivity index (χ0) is 17.0. The molecule has 0 saturated heterocycles. The van der Waals surface area contributed by atoms with Crippen LogP contribution in [0.4, 0.5) is 0 Å². The molecule has 0 spiro atoms. The van der Waals surface area contributed by atoms with Crippen molar-refractivity contribution in [2.45, 2.75) is 84.6 Å². The molecule has 0 bridgehead atoms. The van der Waals surface area contributed by atoms with Crippen LogP contribution < -0.4 is 5.32 Å². The van der Waals surface area contributed by atoms with Crippen molar-refractivity contribution < 1.29 is 14.7 Å². The number of rotatable bonds is 5. The van der Waals surface area contributed by atoms with Crippen LogP contribution in [0.1, 0.15) is 78.6 Å². The first kappa shape index (κ1) is 18.3. The lowest BCUT2D eigenvalue weighted by Gasteiger charge is -2.39. The molecule has 2 rings (SSSR count). The number of carbonyl (C=O) groups excluding carboxylic acids is 1. The van der Waals surface area contributed by atoms with Crippen LogP contribution in [0, 0.1) is 23.2 Å². The summed E-state index contributed by atoms with van der Waals surface area (Å²) in [6, 6.07) is 0.323. The molecule has 0 aromatic carbocycles. The molecular formula is C19H33NO3. The first-order valence-corrected chi connectivity index (χ1v) is 9.36. The predicted octanol–water partition coefficient (Wildman–Crippen LogP) is 3.99. The minimum absolute atomic E-state index is 0.0235. The standard InChI is InChI=1S/C19H33NO3/c1-4-19(2,3)15-9-11-16(12-10-15)20-17(21)13-5-7-14(8-6-13)18(22)23/h13-16H,4-12H2,1-3H3,(H,20,21)(H,22,23). The predicted molar refractivity (Wildman–Crippen MR) is 91.0 cm³/mol.